The van der Waals surface area contributed by atoms with Crippen LogP contribution in [0, 0.1) is 0 Å². The Morgan fingerprint density at radius 3 is 2.09 bits per heavy atom. The number of nitrogens with zero attached hydrogens (tertiary/aromatic N) is 1. The minimum absolute atomic E-state index is 0.0856. The number of aryl methyl sites for hydroxylation is 1. The van der Waals surface area contributed by atoms with Crippen molar-refractivity contribution < 1.29 is 9.36 Å². The second kappa shape index (κ2) is 6.34. The van der Waals surface area contributed by atoms with E-state index < -0.39 is 0 Å². The van der Waals surface area contributed by atoms with Crippen LogP contribution in [-0.2, 0) is 11.3 Å². The Bertz CT molecular complexity index is 835. The van der Waals surface area contributed by atoms with Gasteiger partial charge >= 0.3 is 0 Å². The number of hydrogen-bond acceptors (Lipinski definition) is 4. The van der Waals surface area contributed by atoms with Crippen LogP contribution in [0.15, 0.2) is 42.5 Å². The highest BCUT2D eigenvalue weighted by Crippen LogP contribution is 2.22. The molecule has 0 fully saturated rings. The first-order chi connectivity index (χ1) is 11.1. The molecule has 1 amide bonds. The molecule has 0 aliphatic carbocycles. The summed E-state index contributed by atoms with van der Waals surface area (Å²) in [6.07, 6.45) is 1.12. The molecule has 3 rings (SSSR count). The van der Waals surface area contributed by atoms with Gasteiger partial charge in [0.25, 0.3) is 0 Å². The number of carbonyl (C=O) groups excluding carboxylic acids is 1. The van der Waals surface area contributed by atoms with E-state index in [1.165, 1.54) is 0 Å². The first-order valence-corrected chi connectivity index (χ1v) is 7.87. The number of nitrogen functional groups attached to an aromatic ring is 2. The van der Waals surface area contributed by atoms with Gasteiger partial charge in [-0.2, -0.15) is 4.57 Å². The Labute approximate surface area is 139 Å². The third-order valence-corrected chi connectivity index (χ3v) is 4.16. The number of fused-ring (bicyclic) bond motifs is 2. The number of aromatic nitrogens is 1. The lowest BCUT2D eigenvalue weighted by Gasteiger charge is -2.07. The molecule has 0 saturated heterocycles. The third-order valence-electron chi connectivity index (χ3n) is 3.91. The maximum absolute atomic E-state index is 11.4. The molecule has 0 atom stereocenters. The SMILES string of the molecule is Nc1ccc2cc3ccc(N)cc3[n+](CCCC(=O)NS)c2c1. The summed E-state index contributed by atoms with van der Waals surface area (Å²) in [6, 6.07) is 13.8. The summed E-state index contributed by atoms with van der Waals surface area (Å²) in [5, 5.41) is 2.21. The Morgan fingerprint density at radius 1 is 1.00 bits per heavy atom. The number of hydrogen-bond donors (Lipinski definition) is 4. The van der Waals surface area contributed by atoms with E-state index in [2.05, 4.69) is 28.2 Å². The highest BCUT2D eigenvalue weighted by Gasteiger charge is 2.16. The molecule has 3 aromatic rings. The average Bonchev–Trinajstić information content (AvgIpc) is 2.54. The van der Waals surface area contributed by atoms with E-state index in [9.17, 15) is 4.79 Å². The lowest BCUT2D eigenvalue weighted by molar-refractivity contribution is -0.645. The van der Waals surface area contributed by atoms with E-state index >= 15 is 0 Å². The number of carbonyl (C=O) groups is 1. The molecule has 23 heavy (non-hydrogen) atoms. The van der Waals surface area contributed by atoms with E-state index in [-0.39, 0.29) is 5.91 Å². The minimum Gasteiger partial charge on any atom is -0.399 e. The Balaban J connectivity index is 2.13. The summed E-state index contributed by atoms with van der Waals surface area (Å²) in [5.74, 6) is -0.0856. The molecule has 1 heterocycles. The van der Waals surface area contributed by atoms with Crippen LogP contribution in [0.5, 0.6) is 0 Å². The lowest BCUT2D eigenvalue weighted by atomic mass is 10.1. The first-order valence-electron chi connectivity index (χ1n) is 7.43. The maximum atomic E-state index is 11.4. The van der Waals surface area contributed by atoms with Gasteiger partial charge in [0.05, 0.1) is 0 Å². The molecule has 0 radical (unpaired) electrons. The Morgan fingerprint density at radius 2 is 1.57 bits per heavy atom. The van der Waals surface area contributed by atoms with E-state index in [0.29, 0.717) is 30.8 Å². The van der Waals surface area contributed by atoms with Gasteiger partial charge in [0.15, 0.2) is 0 Å². The molecule has 5 N–H and O–H groups in total. The summed E-state index contributed by atoms with van der Waals surface area (Å²) in [7, 11) is 0. The molecule has 6 heteroatoms. The fraction of sp³-hybridized carbons (Fsp3) is 0.176. The maximum Gasteiger partial charge on any atom is 0.229 e. The fourth-order valence-corrected chi connectivity index (χ4v) is 2.94. The smallest absolute Gasteiger partial charge is 0.229 e. The second-order valence-electron chi connectivity index (χ2n) is 5.57. The standard InChI is InChI=1S/C17H18N4OS/c18-13-5-3-11-8-12-4-6-14(19)10-16(12)21(15(11)9-13)7-1-2-17(22)20-23/h3-6,8-10H,1-2,7H2,(H5,18,19,20,22,23)/p+1. The monoisotopic (exact) mass is 327 g/mol. The van der Waals surface area contributed by atoms with Crippen molar-refractivity contribution in [1.29, 1.82) is 0 Å². The Kier molecular flexibility index (Phi) is 4.25. The average molecular weight is 327 g/mol. The van der Waals surface area contributed by atoms with E-state index in [0.717, 1.165) is 21.8 Å². The minimum atomic E-state index is -0.0856. The third kappa shape index (κ3) is 3.17. The molecular weight excluding hydrogens is 308 g/mol. The summed E-state index contributed by atoms with van der Waals surface area (Å²) < 4.78 is 4.52. The summed E-state index contributed by atoms with van der Waals surface area (Å²) >= 11 is 3.78. The highest BCUT2D eigenvalue weighted by atomic mass is 32.1. The molecule has 0 bridgehead atoms. The number of thiol groups is 1. The molecule has 5 nitrogen and oxygen atoms in total. The molecule has 2 aromatic carbocycles. The van der Waals surface area contributed by atoms with Crippen LogP contribution in [0.25, 0.3) is 21.8 Å². The van der Waals surface area contributed by atoms with Crippen LogP contribution in [-0.4, -0.2) is 5.91 Å². The topological polar surface area (TPSA) is 85.0 Å². The van der Waals surface area contributed by atoms with Crippen molar-refractivity contribution in [2.24, 2.45) is 0 Å². The van der Waals surface area contributed by atoms with Crippen LogP contribution in [0.2, 0.25) is 0 Å². The van der Waals surface area contributed by atoms with Crippen molar-refractivity contribution in [2.75, 3.05) is 11.5 Å². The van der Waals surface area contributed by atoms with Crippen LogP contribution < -0.4 is 20.8 Å². The molecular formula is C17H19N4OS+. The van der Waals surface area contributed by atoms with E-state index in [4.69, 9.17) is 11.5 Å². The lowest BCUT2D eigenvalue weighted by Crippen LogP contribution is -2.36. The molecule has 118 valence electrons. The number of nitrogens with two attached hydrogens (primary N) is 2. The normalized spacial score (nSPS) is 11.0. The van der Waals surface area contributed by atoms with Gasteiger partial charge in [-0.15, -0.1) is 0 Å². The molecule has 0 spiro atoms. The van der Waals surface area contributed by atoms with Crippen molar-refractivity contribution in [3.8, 4) is 0 Å². The van der Waals surface area contributed by atoms with Crippen molar-refractivity contribution in [3.05, 3.63) is 42.5 Å². The van der Waals surface area contributed by atoms with Crippen molar-refractivity contribution in [1.82, 2.24) is 4.72 Å². The largest absolute Gasteiger partial charge is 0.399 e. The van der Waals surface area contributed by atoms with Crippen molar-refractivity contribution in [2.45, 2.75) is 19.4 Å². The number of rotatable bonds is 4. The van der Waals surface area contributed by atoms with E-state index in [1.54, 1.807) is 0 Å². The number of amides is 1. The summed E-state index contributed by atoms with van der Waals surface area (Å²) in [4.78, 5) is 11.4. The molecule has 0 saturated carbocycles. The highest BCUT2D eigenvalue weighted by molar-refractivity contribution is 7.78. The summed E-state index contributed by atoms with van der Waals surface area (Å²) in [6.45, 7) is 0.696. The molecule has 1 aromatic heterocycles. The number of nitrogens with one attached hydrogen (secondary N) is 1. The zero-order valence-corrected chi connectivity index (χ0v) is 13.5. The number of pyridine rings is 1. The number of anilines is 2. The second-order valence-corrected chi connectivity index (χ2v) is 5.79. The van der Waals surface area contributed by atoms with Gasteiger partial charge in [-0.25, -0.2) is 0 Å². The number of benzene rings is 2. The molecule has 0 aliphatic rings. The predicted octanol–water partition coefficient (Wildman–Crippen LogP) is 2.19. The first kappa shape index (κ1) is 15.4. The zero-order chi connectivity index (χ0) is 16.4. The van der Waals surface area contributed by atoms with Crippen LogP contribution in [0.1, 0.15) is 12.8 Å². The fourth-order valence-electron chi connectivity index (χ4n) is 2.82. The van der Waals surface area contributed by atoms with Gasteiger partial charge in [0.1, 0.15) is 6.54 Å². The van der Waals surface area contributed by atoms with Gasteiger partial charge < -0.3 is 16.2 Å². The molecule has 0 unspecified atom stereocenters. The van der Waals surface area contributed by atoms with Crippen LogP contribution >= 0.6 is 12.8 Å². The van der Waals surface area contributed by atoms with E-state index in [1.807, 2.05) is 36.4 Å². The summed E-state index contributed by atoms with van der Waals surface area (Å²) in [5.41, 5.74) is 15.4. The van der Waals surface area contributed by atoms with Crippen molar-refractivity contribution in [3.63, 3.8) is 0 Å². The van der Waals surface area contributed by atoms with Crippen LogP contribution in [0.3, 0.4) is 0 Å². The predicted molar refractivity (Wildman–Crippen MR) is 96.8 cm³/mol. The van der Waals surface area contributed by atoms with Crippen LogP contribution in [0.4, 0.5) is 11.4 Å². The van der Waals surface area contributed by atoms with Gasteiger partial charge in [0, 0.05) is 47.1 Å². The Hall–Kier alpha value is -2.47. The van der Waals surface area contributed by atoms with Gasteiger partial charge in [0.2, 0.25) is 16.9 Å². The molecule has 0 aliphatic heterocycles. The zero-order valence-electron chi connectivity index (χ0n) is 12.6. The quantitative estimate of drug-likeness (QED) is 0.256. The van der Waals surface area contributed by atoms with Gasteiger partial charge in [-0.3, -0.25) is 4.79 Å². The van der Waals surface area contributed by atoms with Gasteiger partial charge in [-0.1, -0.05) is 12.8 Å². The van der Waals surface area contributed by atoms with Crippen molar-refractivity contribution >= 4 is 51.9 Å². The van der Waals surface area contributed by atoms with Gasteiger partial charge in [-0.05, 0) is 30.3 Å².